The van der Waals surface area contributed by atoms with Gasteiger partial charge in [-0.2, -0.15) is 18.2 Å². The van der Waals surface area contributed by atoms with Gasteiger partial charge < -0.3 is 20.3 Å². The molecule has 5 heterocycles. The van der Waals surface area contributed by atoms with E-state index in [1.165, 1.54) is 16.8 Å². The van der Waals surface area contributed by atoms with Crippen molar-refractivity contribution in [3.63, 3.8) is 0 Å². The molecule has 12 heteroatoms. The number of alkyl halides is 3. The maximum absolute atomic E-state index is 14.0. The van der Waals surface area contributed by atoms with E-state index < -0.39 is 30.1 Å². The van der Waals surface area contributed by atoms with Gasteiger partial charge in [0.1, 0.15) is 17.7 Å². The fourth-order valence-corrected chi connectivity index (χ4v) is 5.05. The summed E-state index contributed by atoms with van der Waals surface area (Å²) in [5, 5.41) is 0. The molecule has 0 spiro atoms. The van der Waals surface area contributed by atoms with Gasteiger partial charge in [-0.25, -0.2) is 4.98 Å². The van der Waals surface area contributed by atoms with Crippen LogP contribution in [0.25, 0.3) is 0 Å². The molecule has 3 aliphatic heterocycles. The van der Waals surface area contributed by atoms with Crippen molar-refractivity contribution in [2.24, 2.45) is 0 Å². The largest absolute Gasteiger partial charge is 0.408 e. The molecule has 2 aromatic rings. The van der Waals surface area contributed by atoms with Gasteiger partial charge in [-0.05, 0) is 37.8 Å². The van der Waals surface area contributed by atoms with Crippen molar-refractivity contribution in [1.82, 2.24) is 14.5 Å². The van der Waals surface area contributed by atoms with Crippen LogP contribution in [0.1, 0.15) is 34.3 Å². The minimum Gasteiger partial charge on any atom is -0.383 e. The van der Waals surface area contributed by atoms with E-state index in [2.05, 4.69) is 9.97 Å². The predicted octanol–water partition coefficient (Wildman–Crippen LogP) is 1.84. The van der Waals surface area contributed by atoms with Crippen LogP contribution in [0, 0.1) is 13.8 Å². The number of morpholine rings is 1. The summed E-state index contributed by atoms with van der Waals surface area (Å²) in [5.41, 5.74) is 6.70. The van der Waals surface area contributed by atoms with Crippen molar-refractivity contribution in [2.75, 3.05) is 35.2 Å². The topological polar surface area (TPSA) is 107 Å². The first-order valence-corrected chi connectivity index (χ1v) is 11.1. The highest BCUT2D eigenvalue weighted by atomic mass is 19.4. The van der Waals surface area contributed by atoms with Gasteiger partial charge in [0.2, 0.25) is 5.95 Å². The number of hydrogen-bond donors (Lipinski definition) is 1. The predicted molar refractivity (Wildman–Crippen MR) is 118 cm³/mol. The van der Waals surface area contributed by atoms with Crippen LogP contribution < -0.4 is 21.1 Å². The third kappa shape index (κ3) is 3.69. The van der Waals surface area contributed by atoms with E-state index in [4.69, 9.17) is 10.5 Å². The smallest absolute Gasteiger partial charge is 0.383 e. The molecule has 0 amide bonds. The van der Waals surface area contributed by atoms with Gasteiger partial charge in [0.05, 0.1) is 25.3 Å². The number of ether oxygens (including phenoxy) is 1. The lowest BCUT2D eigenvalue weighted by Gasteiger charge is -2.39. The third-order valence-electron chi connectivity index (χ3n) is 7.10. The number of nitrogen functional groups attached to an aromatic ring is 1. The number of nitrogens with two attached hydrogens (primary N) is 1. The molecule has 182 valence electrons. The summed E-state index contributed by atoms with van der Waals surface area (Å²) in [6.45, 7) is 3.66. The highest BCUT2D eigenvalue weighted by Crippen LogP contribution is 2.36. The maximum Gasteiger partial charge on any atom is 0.408 e. The first-order valence-electron chi connectivity index (χ1n) is 11.1. The Morgan fingerprint density at radius 1 is 1.29 bits per heavy atom. The fraction of sp³-hybridized carbons (Fsp3) is 0.545. The maximum atomic E-state index is 14.0. The quantitative estimate of drug-likeness (QED) is 0.664. The Morgan fingerprint density at radius 3 is 2.71 bits per heavy atom. The number of Topliss-reactive ketones (excluding diaryl/α,β-unsaturated/α-hetero) is 1. The number of rotatable bonds is 4. The lowest BCUT2D eigenvalue weighted by Crippen LogP contribution is -2.54. The average Bonchev–Trinajstić information content (AvgIpc) is 3.41. The molecule has 2 saturated heterocycles. The molecule has 3 atom stereocenters. The molecule has 5 rings (SSSR count). The van der Waals surface area contributed by atoms with E-state index in [-0.39, 0.29) is 42.4 Å². The highest BCUT2D eigenvalue weighted by molar-refractivity contribution is 6.00. The Bertz CT molecular complexity index is 1210. The first kappa shape index (κ1) is 22.6. The molecule has 2 N–H and O–H groups in total. The molecule has 2 fully saturated rings. The van der Waals surface area contributed by atoms with Gasteiger partial charge >= 0.3 is 6.18 Å². The van der Waals surface area contributed by atoms with E-state index in [1.54, 1.807) is 13.8 Å². The number of pyridine rings is 1. The summed E-state index contributed by atoms with van der Waals surface area (Å²) in [5.74, 6) is -0.129. The van der Waals surface area contributed by atoms with E-state index in [1.807, 2.05) is 4.90 Å². The van der Waals surface area contributed by atoms with Crippen LogP contribution in [0.2, 0.25) is 0 Å². The molecular weight excluding hydrogens is 453 g/mol. The highest BCUT2D eigenvalue weighted by Gasteiger charge is 2.48. The number of ketones is 1. The molecule has 9 nitrogen and oxygen atoms in total. The Hall–Kier alpha value is -3.15. The molecule has 2 unspecified atom stereocenters. The van der Waals surface area contributed by atoms with E-state index >= 15 is 0 Å². The Kier molecular flexibility index (Phi) is 5.30. The zero-order valence-corrected chi connectivity index (χ0v) is 18.8. The van der Waals surface area contributed by atoms with Gasteiger partial charge in [-0.1, -0.05) is 0 Å². The van der Waals surface area contributed by atoms with Gasteiger partial charge in [-0.15, -0.1) is 0 Å². The van der Waals surface area contributed by atoms with E-state index in [0.29, 0.717) is 30.1 Å². The second kappa shape index (κ2) is 7.97. The Balaban J connectivity index is 1.55. The lowest BCUT2D eigenvalue weighted by molar-refractivity contribution is -0.152. The summed E-state index contributed by atoms with van der Waals surface area (Å²) >= 11 is 0. The van der Waals surface area contributed by atoms with Crippen LogP contribution in [0.4, 0.5) is 30.8 Å². The van der Waals surface area contributed by atoms with E-state index in [0.717, 1.165) is 11.3 Å². The minimum absolute atomic E-state index is 0.0235. The van der Waals surface area contributed by atoms with Crippen molar-refractivity contribution in [2.45, 2.75) is 57.6 Å². The standard InChI is InChI=1S/C22H25F3N6O3/c1-11-12(2)20(26)27-7-15(11)16(32)9-31-17(22(23,24)25)3-4-29-19(33)6-18(28-21(29)31)30-8-14-5-13(30)10-34-14/h6-7,13-14,17H,3-5,8-10H2,1-2H3,(H2,26,27)/t13?,14?,17-/m0/s1. The van der Waals surface area contributed by atoms with Gasteiger partial charge in [0.15, 0.2) is 5.78 Å². The average molecular weight is 478 g/mol. The minimum atomic E-state index is -4.61. The molecule has 0 saturated carbocycles. The number of anilines is 3. The Morgan fingerprint density at radius 2 is 2.06 bits per heavy atom. The van der Waals surface area contributed by atoms with Gasteiger partial charge in [0.25, 0.3) is 5.56 Å². The molecule has 0 aromatic carbocycles. The van der Waals surface area contributed by atoms with Crippen molar-refractivity contribution >= 4 is 23.4 Å². The summed E-state index contributed by atoms with van der Waals surface area (Å²) < 4.78 is 48.9. The number of nitrogens with zero attached hydrogens (tertiary/aromatic N) is 5. The molecule has 2 bridgehead atoms. The van der Waals surface area contributed by atoms with Crippen LogP contribution in [0.15, 0.2) is 17.1 Å². The number of carbonyl (C=O) groups excluding carboxylic acids is 1. The monoisotopic (exact) mass is 478 g/mol. The summed E-state index contributed by atoms with van der Waals surface area (Å²) in [7, 11) is 0. The van der Waals surface area contributed by atoms with Crippen LogP contribution >= 0.6 is 0 Å². The zero-order valence-electron chi connectivity index (χ0n) is 18.8. The molecule has 0 aliphatic carbocycles. The summed E-state index contributed by atoms with van der Waals surface area (Å²) in [6.07, 6.45) is -2.87. The first-order chi connectivity index (χ1) is 16.0. The second-order valence-corrected chi connectivity index (χ2v) is 9.11. The summed E-state index contributed by atoms with van der Waals surface area (Å²) in [4.78, 5) is 37.4. The van der Waals surface area contributed by atoms with Crippen molar-refractivity contribution in [1.29, 1.82) is 0 Å². The fourth-order valence-electron chi connectivity index (χ4n) is 5.05. The van der Waals surface area contributed by atoms with Gasteiger partial charge in [-0.3, -0.25) is 14.2 Å². The van der Waals surface area contributed by atoms with Crippen LogP contribution in [0.3, 0.4) is 0 Å². The normalized spacial score (nSPS) is 24.0. The molecule has 2 aromatic heterocycles. The number of hydrogen-bond acceptors (Lipinski definition) is 8. The number of carbonyl (C=O) groups is 1. The van der Waals surface area contributed by atoms with Crippen LogP contribution in [-0.2, 0) is 11.3 Å². The molecule has 0 radical (unpaired) electrons. The Labute approximate surface area is 193 Å². The van der Waals surface area contributed by atoms with Gasteiger partial charge in [0, 0.05) is 30.9 Å². The van der Waals surface area contributed by atoms with Crippen molar-refractivity contribution < 1.29 is 22.7 Å². The third-order valence-corrected chi connectivity index (χ3v) is 7.10. The van der Waals surface area contributed by atoms with Crippen molar-refractivity contribution in [3.8, 4) is 0 Å². The summed E-state index contributed by atoms with van der Waals surface area (Å²) in [6, 6.07) is -0.557. The van der Waals surface area contributed by atoms with E-state index in [9.17, 15) is 22.8 Å². The molecule has 34 heavy (non-hydrogen) atoms. The number of aromatic nitrogens is 3. The number of halogens is 3. The van der Waals surface area contributed by atoms with Crippen LogP contribution in [-0.4, -0.2) is 64.4 Å². The zero-order chi connectivity index (χ0) is 24.4. The SMILES string of the molecule is Cc1c(C(=O)CN2c3nc(N4CC5CC4CO5)cc(=O)n3CC[C@H]2C(F)(F)F)cnc(N)c1C. The van der Waals surface area contributed by atoms with Crippen molar-refractivity contribution in [3.05, 3.63) is 39.3 Å². The molecule has 3 aliphatic rings. The number of fused-ring (bicyclic) bond motifs is 3. The second-order valence-electron chi connectivity index (χ2n) is 9.11. The molecular formula is C22H25F3N6O3. The van der Waals surface area contributed by atoms with Crippen LogP contribution in [0.5, 0.6) is 0 Å². The lowest BCUT2D eigenvalue weighted by atomic mass is 10.0.